The lowest BCUT2D eigenvalue weighted by Gasteiger charge is -2.34. The van der Waals surface area contributed by atoms with Crippen LogP contribution in [0.1, 0.15) is 16.1 Å². The van der Waals surface area contributed by atoms with Gasteiger partial charge in [-0.3, -0.25) is 9.69 Å². The highest BCUT2D eigenvalue weighted by Gasteiger charge is 2.24. The van der Waals surface area contributed by atoms with Crippen molar-refractivity contribution in [2.45, 2.75) is 6.54 Å². The molecule has 1 fully saturated rings. The van der Waals surface area contributed by atoms with Crippen molar-refractivity contribution < 1.29 is 9.90 Å². The predicted octanol–water partition coefficient (Wildman–Crippen LogP) is 4.13. The number of phenols is 1. The van der Waals surface area contributed by atoms with E-state index in [0.29, 0.717) is 18.1 Å². The minimum absolute atomic E-state index is 0.0345. The number of piperazine rings is 1. The fourth-order valence-corrected chi connectivity index (χ4v) is 4.27. The molecule has 0 saturated carbocycles. The van der Waals surface area contributed by atoms with E-state index in [1.807, 2.05) is 18.2 Å². The minimum atomic E-state index is -0.181. The zero-order chi connectivity index (χ0) is 19.5. The second-order valence-electron chi connectivity index (χ2n) is 6.74. The SMILES string of the molecule is O=C(c1cc(Cl)ccc1O)N1CCN(Cc2csc(-c3ccccc3)n2)CC1. The van der Waals surface area contributed by atoms with E-state index in [0.717, 1.165) is 35.9 Å². The number of hydrogen-bond acceptors (Lipinski definition) is 5. The molecule has 1 amide bonds. The average Bonchev–Trinajstić information content (AvgIpc) is 3.19. The van der Waals surface area contributed by atoms with Crippen molar-refractivity contribution in [2.75, 3.05) is 26.2 Å². The van der Waals surface area contributed by atoms with Crippen molar-refractivity contribution in [3.05, 3.63) is 70.2 Å². The molecule has 144 valence electrons. The van der Waals surface area contributed by atoms with Gasteiger partial charge in [0.2, 0.25) is 0 Å². The summed E-state index contributed by atoms with van der Waals surface area (Å²) in [5.41, 5.74) is 2.44. The second kappa shape index (κ2) is 8.31. The summed E-state index contributed by atoms with van der Waals surface area (Å²) in [6.45, 7) is 3.53. The molecule has 1 aliphatic rings. The summed E-state index contributed by atoms with van der Waals surface area (Å²) in [4.78, 5) is 21.5. The molecular weight excluding hydrogens is 394 g/mol. The van der Waals surface area contributed by atoms with Crippen LogP contribution in [0, 0.1) is 0 Å². The molecule has 0 unspecified atom stereocenters. The smallest absolute Gasteiger partial charge is 0.257 e. The van der Waals surface area contributed by atoms with Crippen LogP contribution in [0.4, 0.5) is 0 Å². The number of nitrogens with zero attached hydrogens (tertiary/aromatic N) is 3. The minimum Gasteiger partial charge on any atom is -0.507 e. The van der Waals surface area contributed by atoms with Crippen LogP contribution in [0.5, 0.6) is 5.75 Å². The lowest BCUT2D eigenvalue weighted by molar-refractivity contribution is 0.0624. The van der Waals surface area contributed by atoms with Crippen LogP contribution in [0.25, 0.3) is 10.6 Å². The summed E-state index contributed by atoms with van der Waals surface area (Å²) < 4.78 is 0. The third-order valence-electron chi connectivity index (χ3n) is 4.81. The third kappa shape index (κ3) is 4.19. The van der Waals surface area contributed by atoms with E-state index in [2.05, 4.69) is 22.4 Å². The first-order valence-corrected chi connectivity index (χ1v) is 10.4. The predicted molar refractivity (Wildman–Crippen MR) is 112 cm³/mol. The molecule has 7 heteroatoms. The Hall–Kier alpha value is -2.41. The Morgan fingerprint density at radius 3 is 2.61 bits per heavy atom. The summed E-state index contributed by atoms with van der Waals surface area (Å²) in [5, 5.41) is 13.5. The van der Waals surface area contributed by atoms with Gasteiger partial charge in [0, 0.05) is 48.7 Å². The van der Waals surface area contributed by atoms with Crippen molar-refractivity contribution in [3.8, 4) is 16.3 Å². The third-order valence-corrected chi connectivity index (χ3v) is 5.98. The zero-order valence-electron chi connectivity index (χ0n) is 15.2. The van der Waals surface area contributed by atoms with Gasteiger partial charge in [-0.15, -0.1) is 11.3 Å². The molecule has 0 spiro atoms. The molecular formula is C21H20ClN3O2S. The summed E-state index contributed by atoms with van der Waals surface area (Å²) in [6, 6.07) is 14.7. The van der Waals surface area contributed by atoms with Gasteiger partial charge < -0.3 is 10.0 Å². The van der Waals surface area contributed by atoms with Crippen LogP contribution in [-0.4, -0.2) is 52.0 Å². The van der Waals surface area contributed by atoms with Gasteiger partial charge in [-0.2, -0.15) is 0 Å². The van der Waals surface area contributed by atoms with E-state index in [1.54, 1.807) is 22.3 Å². The number of halogens is 1. The lowest BCUT2D eigenvalue weighted by atomic mass is 10.1. The van der Waals surface area contributed by atoms with E-state index >= 15 is 0 Å². The first-order valence-electron chi connectivity index (χ1n) is 9.10. The highest BCUT2D eigenvalue weighted by Crippen LogP contribution is 2.25. The van der Waals surface area contributed by atoms with Crippen LogP contribution in [-0.2, 0) is 6.54 Å². The quantitative estimate of drug-likeness (QED) is 0.698. The number of thiazole rings is 1. The normalized spacial score (nSPS) is 15.0. The molecule has 0 radical (unpaired) electrons. The Morgan fingerprint density at radius 2 is 1.86 bits per heavy atom. The number of hydrogen-bond donors (Lipinski definition) is 1. The maximum absolute atomic E-state index is 12.7. The van der Waals surface area contributed by atoms with E-state index in [1.165, 1.54) is 12.1 Å². The largest absolute Gasteiger partial charge is 0.507 e. The Kier molecular flexibility index (Phi) is 5.62. The van der Waals surface area contributed by atoms with Crippen LogP contribution in [0.3, 0.4) is 0 Å². The molecule has 2 heterocycles. The average molecular weight is 414 g/mol. The topological polar surface area (TPSA) is 56.7 Å². The van der Waals surface area contributed by atoms with Crippen LogP contribution in [0.15, 0.2) is 53.9 Å². The monoisotopic (exact) mass is 413 g/mol. The van der Waals surface area contributed by atoms with Gasteiger partial charge >= 0.3 is 0 Å². The van der Waals surface area contributed by atoms with E-state index < -0.39 is 0 Å². The number of carbonyl (C=O) groups excluding carboxylic acids is 1. The maximum atomic E-state index is 12.7. The van der Waals surface area contributed by atoms with Crippen LogP contribution in [0.2, 0.25) is 5.02 Å². The molecule has 1 N–H and O–H groups in total. The van der Waals surface area contributed by atoms with E-state index in [4.69, 9.17) is 16.6 Å². The summed E-state index contributed by atoms with van der Waals surface area (Å²) in [7, 11) is 0. The maximum Gasteiger partial charge on any atom is 0.257 e. The fraction of sp³-hybridized carbons (Fsp3) is 0.238. The zero-order valence-corrected chi connectivity index (χ0v) is 16.8. The molecule has 3 aromatic rings. The first kappa shape index (κ1) is 18.9. The number of aromatic hydroxyl groups is 1. The van der Waals surface area contributed by atoms with Crippen molar-refractivity contribution >= 4 is 28.8 Å². The van der Waals surface area contributed by atoms with Gasteiger partial charge in [0.05, 0.1) is 11.3 Å². The summed E-state index contributed by atoms with van der Waals surface area (Å²) in [6.07, 6.45) is 0. The molecule has 5 nitrogen and oxygen atoms in total. The first-order chi connectivity index (χ1) is 13.6. The molecule has 0 atom stereocenters. The number of carbonyl (C=O) groups is 1. The molecule has 4 rings (SSSR count). The number of aromatic nitrogens is 1. The molecule has 1 saturated heterocycles. The van der Waals surface area contributed by atoms with Gasteiger partial charge in [-0.05, 0) is 18.2 Å². The molecule has 2 aromatic carbocycles. The number of rotatable bonds is 4. The van der Waals surface area contributed by atoms with Gasteiger partial charge in [-0.1, -0.05) is 41.9 Å². The molecule has 0 aliphatic carbocycles. The number of phenolic OH excluding ortho intramolecular Hbond substituents is 1. The van der Waals surface area contributed by atoms with Crippen molar-refractivity contribution in [2.24, 2.45) is 0 Å². The van der Waals surface area contributed by atoms with Crippen LogP contribution >= 0.6 is 22.9 Å². The van der Waals surface area contributed by atoms with Gasteiger partial charge in [0.15, 0.2) is 0 Å². The molecule has 1 aromatic heterocycles. The second-order valence-corrected chi connectivity index (χ2v) is 8.03. The number of amides is 1. The lowest BCUT2D eigenvalue weighted by Crippen LogP contribution is -2.48. The van der Waals surface area contributed by atoms with Gasteiger partial charge in [0.1, 0.15) is 10.8 Å². The summed E-state index contributed by atoms with van der Waals surface area (Å²) >= 11 is 7.62. The highest BCUT2D eigenvalue weighted by molar-refractivity contribution is 7.13. The Labute approximate surface area is 172 Å². The Bertz CT molecular complexity index is 969. The van der Waals surface area contributed by atoms with E-state index in [-0.39, 0.29) is 17.2 Å². The van der Waals surface area contributed by atoms with E-state index in [9.17, 15) is 9.90 Å². The summed E-state index contributed by atoms with van der Waals surface area (Å²) in [5.74, 6) is -0.215. The molecule has 0 bridgehead atoms. The van der Waals surface area contributed by atoms with Gasteiger partial charge in [0.25, 0.3) is 5.91 Å². The van der Waals surface area contributed by atoms with Crippen molar-refractivity contribution in [1.29, 1.82) is 0 Å². The van der Waals surface area contributed by atoms with Crippen LogP contribution < -0.4 is 0 Å². The highest BCUT2D eigenvalue weighted by atomic mass is 35.5. The Morgan fingerprint density at radius 1 is 1.11 bits per heavy atom. The molecule has 1 aliphatic heterocycles. The fourth-order valence-electron chi connectivity index (χ4n) is 3.28. The molecule has 28 heavy (non-hydrogen) atoms. The van der Waals surface area contributed by atoms with Crippen molar-refractivity contribution in [1.82, 2.24) is 14.8 Å². The van der Waals surface area contributed by atoms with Crippen molar-refractivity contribution in [3.63, 3.8) is 0 Å². The Balaban J connectivity index is 1.35. The number of benzene rings is 2. The van der Waals surface area contributed by atoms with Gasteiger partial charge in [-0.25, -0.2) is 4.98 Å². The standard InChI is InChI=1S/C21H20ClN3O2S/c22-16-6-7-19(26)18(12-16)21(27)25-10-8-24(9-11-25)13-17-14-28-20(23-17)15-4-2-1-3-5-15/h1-7,12,14,26H,8-11,13H2.